The van der Waals surface area contributed by atoms with E-state index in [0.717, 1.165) is 12.8 Å². The Morgan fingerprint density at radius 2 is 2.14 bits per heavy atom. The van der Waals surface area contributed by atoms with Gasteiger partial charge in [0.15, 0.2) is 6.61 Å². The summed E-state index contributed by atoms with van der Waals surface area (Å²) in [7, 11) is 0. The van der Waals surface area contributed by atoms with Crippen molar-refractivity contribution in [3.63, 3.8) is 0 Å². The molecular weight excluding hydrogens is 381 g/mol. The smallest absolute Gasteiger partial charge is 0.422 e. The van der Waals surface area contributed by atoms with Crippen LogP contribution < -0.4 is 10.1 Å². The van der Waals surface area contributed by atoms with Gasteiger partial charge in [0.05, 0.1) is 17.9 Å². The highest BCUT2D eigenvalue weighted by molar-refractivity contribution is 5.83. The number of nitrogens with one attached hydrogen (secondary N) is 1. The van der Waals surface area contributed by atoms with Gasteiger partial charge >= 0.3 is 6.18 Å². The van der Waals surface area contributed by atoms with Gasteiger partial charge in [-0.3, -0.25) is 9.78 Å². The number of carbonyl (C=O) groups excluding carboxylic acids is 1. The number of halogens is 3. The van der Waals surface area contributed by atoms with Gasteiger partial charge in [-0.05, 0) is 54.5 Å². The van der Waals surface area contributed by atoms with Crippen molar-refractivity contribution in [2.75, 3.05) is 6.61 Å². The van der Waals surface area contributed by atoms with Crippen LogP contribution in [0.3, 0.4) is 0 Å². The van der Waals surface area contributed by atoms with Crippen LogP contribution in [0, 0.1) is 5.92 Å². The number of rotatable bonds is 6. The molecule has 4 nitrogen and oxygen atoms in total. The van der Waals surface area contributed by atoms with Crippen molar-refractivity contribution in [2.45, 2.75) is 37.9 Å². The summed E-state index contributed by atoms with van der Waals surface area (Å²) in [5.41, 5.74) is 4.32. The van der Waals surface area contributed by atoms with Crippen LogP contribution in [0.25, 0.3) is 6.08 Å². The average Bonchev–Trinajstić information content (AvgIpc) is 3.36. The number of allylic oxidation sites excluding steroid dienone is 1. The number of fused-ring (bicyclic) bond motifs is 1. The van der Waals surface area contributed by atoms with Gasteiger partial charge in [0.1, 0.15) is 5.75 Å². The molecule has 0 unspecified atom stereocenters. The van der Waals surface area contributed by atoms with Gasteiger partial charge in [-0.25, -0.2) is 0 Å². The first-order valence-electron chi connectivity index (χ1n) is 9.55. The zero-order valence-electron chi connectivity index (χ0n) is 15.9. The molecule has 29 heavy (non-hydrogen) atoms. The number of amides is 1. The molecule has 152 valence electrons. The van der Waals surface area contributed by atoms with Crippen LogP contribution in [0.4, 0.5) is 13.2 Å². The molecule has 0 radical (unpaired) electrons. The number of benzene rings is 1. The van der Waals surface area contributed by atoms with E-state index in [1.807, 2.05) is 0 Å². The van der Waals surface area contributed by atoms with Gasteiger partial charge in [-0.15, -0.1) is 0 Å². The van der Waals surface area contributed by atoms with E-state index in [4.69, 9.17) is 0 Å². The van der Waals surface area contributed by atoms with Crippen molar-refractivity contribution in [3.05, 3.63) is 65.0 Å². The molecular formula is C22H21F3N2O2. The van der Waals surface area contributed by atoms with Crippen molar-refractivity contribution in [2.24, 2.45) is 5.92 Å². The lowest BCUT2D eigenvalue weighted by Gasteiger charge is -2.14. The van der Waals surface area contributed by atoms with Gasteiger partial charge in [0.2, 0.25) is 5.91 Å². The summed E-state index contributed by atoms with van der Waals surface area (Å²) in [5, 5.41) is 2.95. The number of hydrogen-bond donors (Lipinski definition) is 1. The highest BCUT2D eigenvalue weighted by Crippen LogP contribution is 2.48. The summed E-state index contributed by atoms with van der Waals surface area (Å²) in [6, 6.07) is 9.04. The fraction of sp³-hybridized carbons (Fsp3) is 0.364. The lowest BCUT2D eigenvalue weighted by atomic mass is 10.0. The van der Waals surface area contributed by atoms with Crippen molar-refractivity contribution in [1.29, 1.82) is 0 Å². The highest BCUT2D eigenvalue weighted by Gasteiger charge is 2.44. The van der Waals surface area contributed by atoms with E-state index >= 15 is 0 Å². The first kappa shape index (κ1) is 19.5. The fourth-order valence-corrected chi connectivity index (χ4v) is 3.65. The third kappa shape index (κ3) is 4.60. The average molecular weight is 402 g/mol. The van der Waals surface area contributed by atoms with Crippen molar-refractivity contribution in [1.82, 2.24) is 10.3 Å². The zero-order chi connectivity index (χ0) is 20.6. The maximum absolute atomic E-state index is 12.6. The Morgan fingerprint density at radius 3 is 2.86 bits per heavy atom. The number of hydrogen-bond acceptors (Lipinski definition) is 3. The van der Waals surface area contributed by atoms with E-state index in [1.54, 1.807) is 13.0 Å². The Hall–Kier alpha value is -2.83. The molecule has 0 spiro atoms. The zero-order valence-corrected chi connectivity index (χ0v) is 15.9. The number of aromatic nitrogens is 1. The SMILES string of the molecule is C[C@@H](NC(=O)[C@@H]1C[C@H]1c1ccc2c(c1)CC=C2)c1ccc(OCC(F)(F)F)cn1. The Bertz CT molecular complexity index is 938. The Kier molecular flexibility index (Phi) is 5.06. The summed E-state index contributed by atoms with van der Waals surface area (Å²) < 4.78 is 41.2. The molecule has 1 fully saturated rings. The lowest BCUT2D eigenvalue weighted by Crippen LogP contribution is -2.29. The molecule has 1 saturated carbocycles. The molecule has 0 aliphatic heterocycles. The van der Waals surface area contributed by atoms with Crippen LogP contribution in [0.2, 0.25) is 0 Å². The van der Waals surface area contributed by atoms with E-state index in [2.05, 4.69) is 45.4 Å². The monoisotopic (exact) mass is 402 g/mol. The molecule has 1 aromatic carbocycles. The minimum Gasteiger partial charge on any atom is -0.483 e. The normalized spacial score (nSPS) is 20.8. The third-order valence-corrected chi connectivity index (χ3v) is 5.32. The number of pyridine rings is 1. The quantitative estimate of drug-likeness (QED) is 0.770. The molecule has 2 aromatic rings. The van der Waals surface area contributed by atoms with Crippen molar-refractivity contribution < 1.29 is 22.7 Å². The van der Waals surface area contributed by atoms with Gasteiger partial charge < -0.3 is 10.1 Å². The molecule has 2 aliphatic rings. The van der Waals surface area contributed by atoms with Gasteiger partial charge in [-0.1, -0.05) is 30.4 Å². The summed E-state index contributed by atoms with van der Waals surface area (Å²) in [5.74, 6) is 0.191. The largest absolute Gasteiger partial charge is 0.483 e. The maximum atomic E-state index is 12.6. The maximum Gasteiger partial charge on any atom is 0.422 e. The molecule has 0 bridgehead atoms. The summed E-state index contributed by atoms with van der Waals surface area (Å²) in [6.07, 6.45) is 2.86. The van der Waals surface area contributed by atoms with E-state index in [0.29, 0.717) is 5.69 Å². The molecule has 2 aliphatic carbocycles. The van der Waals surface area contributed by atoms with Crippen LogP contribution in [0.5, 0.6) is 5.75 Å². The Labute approximate surface area is 166 Å². The third-order valence-electron chi connectivity index (χ3n) is 5.32. The first-order valence-corrected chi connectivity index (χ1v) is 9.55. The second-order valence-corrected chi connectivity index (χ2v) is 7.57. The van der Waals surface area contributed by atoms with Crippen LogP contribution in [0.1, 0.15) is 47.7 Å². The predicted octanol–water partition coefficient (Wildman–Crippen LogP) is 4.57. The van der Waals surface area contributed by atoms with Gasteiger partial charge in [-0.2, -0.15) is 13.2 Å². The molecule has 7 heteroatoms. The first-order chi connectivity index (χ1) is 13.8. The lowest BCUT2D eigenvalue weighted by molar-refractivity contribution is -0.153. The Balaban J connectivity index is 1.31. The fourth-order valence-electron chi connectivity index (χ4n) is 3.65. The molecule has 3 atom stereocenters. The van der Waals surface area contributed by atoms with Crippen molar-refractivity contribution >= 4 is 12.0 Å². The second-order valence-electron chi connectivity index (χ2n) is 7.57. The standard InChI is InChI=1S/C22H21F3N2O2/c1-13(20-8-7-17(11-26-20)29-12-22(23,24)25)27-21(28)19-10-18(19)16-6-5-14-3-2-4-15(14)9-16/h2-3,5-9,11,13,18-19H,4,10,12H2,1H3,(H,27,28)/t13-,18+,19-/m1/s1. The number of alkyl halides is 3. The highest BCUT2D eigenvalue weighted by atomic mass is 19.4. The Morgan fingerprint density at radius 1 is 1.31 bits per heavy atom. The van der Waals surface area contributed by atoms with Crippen LogP contribution in [-0.2, 0) is 11.2 Å². The topological polar surface area (TPSA) is 51.2 Å². The molecule has 1 amide bonds. The molecule has 0 saturated heterocycles. The predicted molar refractivity (Wildman–Crippen MR) is 102 cm³/mol. The van der Waals surface area contributed by atoms with Gasteiger partial charge in [0.25, 0.3) is 0 Å². The second kappa shape index (κ2) is 7.54. The van der Waals surface area contributed by atoms with Crippen LogP contribution in [0.15, 0.2) is 42.6 Å². The van der Waals surface area contributed by atoms with Gasteiger partial charge in [0, 0.05) is 5.92 Å². The van der Waals surface area contributed by atoms with Crippen LogP contribution >= 0.6 is 0 Å². The molecule has 1 aromatic heterocycles. The minimum atomic E-state index is -4.39. The number of nitrogens with zero attached hydrogens (tertiary/aromatic N) is 1. The van der Waals surface area contributed by atoms with E-state index in [1.165, 1.54) is 29.0 Å². The molecule has 4 rings (SSSR count). The van der Waals surface area contributed by atoms with E-state index in [-0.39, 0.29) is 29.5 Å². The number of ether oxygens (including phenoxy) is 1. The summed E-state index contributed by atoms with van der Waals surface area (Å²) in [4.78, 5) is 16.7. The van der Waals surface area contributed by atoms with Crippen molar-refractivity contribution in [3.8, 4) is 5.75 Å². The van der Waals surface area contributed by atoms with Crippen LogP contribution in [-0.4, -0.2) is 23.7 Å². The number of carbonyl (C=O) groups is 1. The van der Waals surface area contributed by atoms with E-state index < -0.39 is 12.8 Å². The molecule has 1 heterocycles. The molecule has 1 N–H and O–H groups in total. The summed E-state index contributed by atoms with van der Waals surface area (Å²) in [6.45, 7) is 0.442. The van der Waals surface area contributed by atoms with E-state index in [9.17, 15) is 18.0 Å². The summed E-state index contributed by atoms with van der Waals surface area (Å²) >= 11 is 0. The minimum absolute atomic E-state index is 0.0275.